The van der Waals surface area contributed by atoms with Crippen molar-refractivity contribution in [1.82, 2.24) is 0 Å². The van der Waals surface area contributed by atoms with Crippen LogP contribution in [0.1, 0.15) is 25.0 Å². The molecular weight excluding hydrogens is 434 g/mol. The van der Waals surface area contributed by atoms with Gasteiger partial charge in [-0.15, -0.1) is 0 Å². The van der Waals surface area contributed by atoms with Crippen LogP contribution in [-0.4, -0.2) is 18.5 Å². The van der Waals surface area contributed by atoms with E-state index in [9.17, 15) is 4.79 Å². The second-order valence-corrected chi connectivity index (χ2v) is 7.02. The molecule has 5 nitrogen and oxygen atoms in total. The highest BCUT2D eigenvalue weighted by atomic mass is 79.9. The Morgan fingerprint density at radius 2 is 1.96 bits per heavy atom. The summed E-state index contributed by atoms with van der Waals surface area (Å²) in [7, 11) is 0. The molecule has 1 heterocycles. The van der Waals surface area contributed by atoms with E-state index < -0.39 is 5.97 Å². The van der Waals surface area contributed by atoms with E-state index in [1.54, 1.807) is 19.1 Å². The third kappa shape index (κ3) is 4.90. The zero-order valence-corrected chi connectivity index (χ0v) is 17.1. The standard InChI is InChI=1S/C20H17BrClNO4/c1-3-25-18-10-14(9-17-20(24)27-12(2)23-17)8-16(21)19(18)26-11-13-4-6-15(22)7-5-13/h4-10H,3,11H2,1-2H3. The summed E-state index contributed by atoms with van der Waals surface area (Å²) < 4.78 is 17.3. The molecule has 2 aromatic rings. The number of esters is 1. The van der Waals surface area contributed by atoms with Gasteiger partial charge in [0.15, 0.2) is 23.1 Å². The van der Waals surface area contributed by atoms with Crippen molar-refractivity contribution in [2.45, 2.75) is 20.5 Å². The Balaban J connectivity index is 1.87. The van der Waals surface area contributed by atoms with Gasteiger partial charge in [-0.25, -0.2) is 9.79 Å². The van der Waals surface area contributed by atoms with Crippen LogP contribution in [0.2, 0.25) is 5.02 Å². The van der Waals surface area contributed by atoms with E-state index >= 15 is 0 Å². The number of hydrogen-bond acceptors (Lipinski definition) is 5. The predicted octanol–water partition coefficient (Wildman–Crippen LogP) is 5.40. The lowest BCUT2D eigenvalue weighted by atomic mass is 10.1. The minimum Gasteiger partial charge on any atom is -0.490 e. The van der Waals surface area contributed by atoms with Crippen molar-refractivity contribution in [2.75, 3.05) is 6.61 Å². The molecule has 1 aliphatic heterocycles. The lowest BCUT2D eigenvalue weighted by molar-refractivity contribution is -0.130. The van der Waals surface area contributed by atoms with E-state index in [1.807, 2.05) is 37.3 Å². The molecule has 1 aliphatic rings. The Labute approximate surface area is 170 Å². The van der Waals surface area contributed by atoms with Gasteiger partial charge in [0.05, 0.1) is 11.1 Å². The van der Waals surface area contributed by atoms with Gasteiger partial charge in [0.25, 0.3) is 0 Å². The quantitative estimate of drug-likeness (QED) is 0.437. The average Bonchev–Trinajstić information content (AvgIpc) is 2.93. The van der Waals surface area contributed by atoms with Crippen LogP contribution < -0.4 is 9.47 Å². The lowest BCUT2D eigenvalue weighted by Crippen LogP contribution is -2.02. The van der Waals surface area contributed by atoms with Gasteiger partial charge in [0.2, 0.25) is 0 Å². The van der Waals surface area contributed by atoms with E-state index in [4.69, 9.17) is 25.8 Å². The molecule has 2 aromatic carbocycles. The summed E-state index contributed by atoms with van der Waals surface area (Å²) in [5, 5.41) is 0.677. The molecule has 0 saturated heterocycles. The molecule has 3 rings (SSSR count). The summed E-state index contributed by atoms with van der Waals surface area (Å²) in [6, 6.07) is 11.1. The van der Waals surface area contributed by atoms with Crippen molar-refractivity contribution in [3.63, 3.8) is 0 Å². The van der Waals surface area contributed by atoms with Gasteiger partial charge in [-0.3, -0.25) is 0 Å². The molecule has 0 aliphatic carbocycles. The van der Waals surface area contributed by atoms with Crippen LogP contribution in [0.15, 0.2) is 51.6 Å². The number of rotatable bonds is 6. The molecule has 0 saturated carbocycles. The van der Waals surface area contributed by atoms with E-state index in [-0.39, 0.29) is 5.70 Å². The minimum absolute atomic E-state index is 0.247. The molecule has 7 heteroatoms. The summed E-state index contributed by atoms with van der Waals surface area (Å²) >= 11 is 9.43. The van der Waals surface area contributed by atoms with E-state index in [1.165, 1.54) is 0 Å². The maximum Gasteiger partial charge on any atom is 0.363 e. The fourth-order valence-corrected chi connectivity index (χ4v) is 3.18. The molecule has 0 aromatic heterocycles. The average molecular weight is 451 g/mol. The molecule has 0 radical (unpaired) electrons. The van der Waals surface area contributed by atoms with Crippen molar-refractivity contribution in [1.29, 1.82) is 0 Å². The number of carbonyl (C=O) groups is 1. The number of aliphatic imine (C=N–C) groups is 1. The van der Waals surface area contributed by atoms with Crippen molar-refractivity contribution in [3.05, 3.63) is 62.7 Å². The van der Waals surface area contributed by atoms with Crippen molar-refractivity contribution in [2.24, 2.45) is 4.99 Å². The lowest BCUT2D eigenvalue weighted by Gasteiger charge is -2.15. The first-order chi connectivity index (χ1) is 13.0. The highest BCUT2D eigenvalue weighted by Gasteiger charge is 2.20. The molecule has 0 atom stereocenters. The van der Waals surface area contributed by atoms with Crippen molar-refractivity contribution >= 4 is 45.5 Å². The zero-order valence-electron chi connectivity index (χ0n) is 14.8. The zero-order chi connectivity index (χ0) is 19.4. The van der Waals surface area contributed by atoms with Crippen molar-refractivity contribution in [3.8, 4) is 11.5 Å². The highest BCUT2D eigenvalue weighted by Crippen LogP contribution is 2.38. The van der Waals surface area contributed by atoms with Gasteiger partial charge >= 0.3 is 5.97 Å². The van der Waals surface area contributed by atoms with Gasteiger partial charge in [-0.2, -0.15) is 0 Å². The van der Waals surface area contributed by atoms with Gasteiger partial charge in [-0.1, -0.05) is 23.7 Å². The van der Waals surface area contributed by atoms with Crippen LogP contribution in [0.4, 0.5) is 0 Å². The van der Waals surface area contributed by atoms with Gasteiger partial charge < -0.3 is 14.2 Å². The first kappa shape index (κ1) is 19.5. The topological polar surface area (TPSA) is 57.1 Å². The number of hydrogen-bond donors (Lipinski definition) is 0. The fraction of sp³-hybridized carbons (Fsp3) is 0.200. The van der Waals surface area contributed by atoms with Crippen molar-refractivity contribution < 1.29 is 19.0 Å². The third-order valence-electron chi connectivity index (χ3n) is 3.66. The van der Waals surface area contributed by atoms with Gasteiger partial charge in [0.1, 0.15) is 6.61 Å². The second-order valence-electron chi connectivity index (χ2n) is 5.73. The van der Waals surface area contributed by atoms with Crippen LogP contribution in [0, 0.1) is 0 Å². The van der Waals surface area contributed by atoms with Crippen LogP contribution in [0.5, 0.6) is 11.5 Å². The maximum atomic E-state index is 11.8. The Morgan fingerprint density at radius 1 is 1.22 bits per heavy atom. The molecular formula is C20H17BrClNO4. The molecule has 27 heavy (non-hydrogen) atoms. The first-order valence-electron chi connectivity index (χ1n) is 8.29. The van der Waals surface area contributed by atoms with Gasteiger partial charge in [0, 0.05) is 11.9 Å². The Bertz CT molecular complexity index is 922. The molecule has 0 amide bonds. The van der Waals surface area contributed by atoms with E-state index in [0.717, 1.165) is 11.1 Å². The third-order valence-corrected chi connectivity index (χ3v) is 4.50. The Kier molecular flexibility index (Phi) is 6.19. The second kappa shape index (κ2) is 8.59. The number of benzene rings is 2. The van der Waals surface area contributed by atoms with E-state index in [0.29, 0.717) is 40.1 Å². The SMILES string of the molecule is CCOc1cc(C=C2N=C(C)OC2=O)cc(Br)c1OCc1ccc(Cl)cc1. The van der Waals surface area contributed by atoms with Crippen LogP contribution in [-0.2, 0) is 16.1 Å². The first-order valence-corrected chi connectivity index (χ1v) is 9.46. The Morgan fingerprint density at radius 3 is 2.59 bits per heavy atom. The fourth-order valence-electron chi connectivity index (χ4n) is 2.48. The summed E-state index contributed by atoms with van der Waals surface area (Å²) in [5.41, 5.74) is 1.98. The Hall–Kier alpha value is -2.31. The summed E-state index contributed by atoms with van der Waals surface area (Å²) in [6.45, 7) is 4.37. The largest absolute Gasteiger partial charge is 0.490 e. The minimum atomic E-state index is -0.468. The van der Waals surface area contributed by atoms with Crippen LogP contribution in [0.3, 0.4) is 0 Å². The number of halogens is 2. The molecule has 0 fully saturated rings. The molecule has 140 valence electrons. The summed E-state index contributed by atoms with van der Waals surface area (Å²) in [6.07, 6.45) is 1.65. The summed E-state index contributed by atoms with van der Waals surface area (Å²) in [5.74, 6) is 1.02. The smallest absolute Gasteiger partial charge is 0.363 e. The predicted molar refractivity (Wildman–Crippen MR) is 108 cm³/mol. The van der Waals surface area contributed by atoms with E-state index in [2.05, 4.69) is 20.9 Å². The van der Waals surface area contributed by atoms with Crippen LogP contribution in [0.25, 0.3) is 6.08 Å². The number of ether oxygens (including phenoxy) is 3. The summed E-state index contributed by atoms with van der Waals surface area (Å²) in [4.78, 5) is 15.8. The highest BCUT2D eigenvalue weighted by molar-refractivity contribution is 9.10. The molecule has 0 bridgehead atoms. The number of cyclic esters (lactones) is 1. The van der Waals surface area contributed by atoms with Crippen LogP contribution >= 0.6 is 27.5 Å². The van der Waals surface area contributed by atoms with Gasteiger partial charge in [-0.05, 0) is 64.3 Å². The molecule has 0 unspecified atom stereocenters. The molecule has 0 spiro atoms. The number of nitrogens with zero attached hydrogens (tertiary/aromatic N) is 1. The monoisotopic (exact) mass is 449 g/mol. The molecule has 0 N–H and O–H groups in total. The number of carbonyl (C=O) groups excluding carboxylic acids is 1. The maximum absolute atomic E-state index is 11.8. The normalized spacial score (nSPS) is 14.9.